The molecule has 5 heteroatoms. The van der Waals surface area contributed by atoms with Crippen molar-refractivity contribution in [2.24, 2.45) is 0 Å². The molecule has 1 atom stereocenters. The number of carbonyl (C=O) groups excluding carboxylic acids is 1. The van der Waals surface area contributed by atoms with Gasteiger partial charge in [0.05, 0.1) is 0 Å². The second kappa shape index (κ2) is 10.7. The molecule has 0 aliphatic rings. The van der Waals surface area contributed by atoms with Crippen LogP contribution < -0.4 is 11.3 Å². The molecular weight excluding hydrogens is 202 g/mol. The number of unbranched alkanes of at least 4 members (excludes halogenated alkanes) is 3. The van der Waals surface area contributed by atoms with Gasteiger partial charge in [0.25, 0.3) is 0 Å². The minimum absolute atomic E-state index is 0. The number of rotatable bonds is 8. The molecule has 0 aromatic carbocycles. The lowest BCUT2D eigenvalue weighted by Gasteiger charge is -2.02. The van der Waals surface area contributed by atoms with Gasteiger partial charge in [-0.05, 0) is 12.8 Å². The fourth-order valence-corrected chi connectivity index (χ4v) is 2.11. The van der Waals surface area contributed by atoms with Crippen molar-refractivity contribution in [2.75, 3.05) is 11.5 Å². The first-order valence-electron chi connectivity index (χ1n) is 4.71. The highest BCUT2D eigenvalue weighted by atomic mass is 32.2. The van der Waals surface area contributed by atoms with E-state index < -0.39 is 16.8 Å². The minimum atomic E-state index is -1.11. The zero-order valence-electron chi connectivity index (χ0n) is 9.08. The number of quaternary nitrogens is 1. The molecule has 0 bridgehead atoms. The topological polar surface area (TPSA) is 93.7 Å². The van der Waals surface area contributed by atoms with Crippen molar-refractivity contribution in [3.63, 3.8) is 0 Å². The van der Waals surface area contributed by atoms with Crippen molar-refractivity contribution in [3.05, 3.63) is 0 Å². The Kier molecular flexibility index (Phi) is 12.2. The summed E-state index contributed by atoms with van der Waals surface area (Å²) in [6.07, 6.45) is 4.27. The van der Waals surface area contributed by atoms with Gasteiger partial charge in [-0.3, -0.25) is 4.21 Å². The van der Waals surface area contributed by atoms with Crippen LogP contribution in [0.5, 0.6) is 0 Å². The van der Waals surface area contributed by atoms with Crippen LogP contribution in [0.4, 0.5) is 0 Å². The third kappa shape index (κ3) is 11.6. The number of carbonyl (C=O) groups is 1. The van der Waals surface area contributed by atoms with Crippen LogP contribution in [-0.2, 0) is 15.6 Å². The fourth-order valence-electron chi connectivity index (χ4n) is 0.989. The Morgan fingerprint density at radius 3 is 2.36 bits per heavy atom. The maximum absolute atomic E-state index is 11.1. The summed E-state index contributed by atoms with van der Waals surface area (Å²) in [5.41, 5.74) is 0. The molecule has 0 aliphatic heterocycles. The van der Waals surface area contributed by atoms with Crippen LogP contribution in [0.3, 0.4) is 0 Å². The van der Waals surface area contributed by atoms with Crippen LogP contribution in [0.2, 0.25) is 0 Å². The Balaban J connectivity index is 0. The number of carboxylic acid groups (broad SMARTS) is 1. The lowest BCUT2D eigenvalue weighted by atomic mass is 10.2. The van der Waals surface area contributed by atoms with Gasteiger partial charge in [-0.2, -0.15) is 0 Å². The van der Waals surface area contributed by atoms with E-state index in [1.54, 1.807) is 0 Å². The SMILES string of the molecule is CCCCCCS(=O)CCC(=O)[O-].[NH4+]. The van der Waals surface area contributed by atoms with E-state index in [0.717, 1.165) is 25.7 Å². The van der Waals surface area contributed by atoms with Gasteiger partial charge < -0.3 is 16.1 Å². The average molecular weight is 223 g/mol. The number of aliphatic carboxylic acids is 1. The van der Waals surface area contributed by atoms with Gasteiger partial charge in [-0.15, -0.1) is 0 Å². The van der Waals surface area contributed by atoms with Crippen LogP contribution in [-0.4, -0.2) is 21.7 Å². The van der Waals surface area contributed by atoms with E-state index >= 15 is 0 Å². The van der Waals surface area contributed by atoms with Crippen LogP contribution >= 0.6 is 0 Å². The van der Waals surface area contributed by atoms with Crippen molar-refractivity contribution >= 4 is 16.8 Å². The van der Waals surface area contributed by atoms with Crippen LogP contribution in [0.25, 0.3) is 0 Å². The first kappa shape index (κ1) is 16.0. The first-order valence-corrected chi connectivity index (χ1v) is 6.20. The lowest BCUT2D eigenvalue weighted by Crippen LogP contribution is -2.24. The largest absolute Gasteiger partial charge is 0.550 e. The van der Waals surface area contributed by atoms with Crippen LogP contribution in [0, 0.1) is 0 Å². The molecule has 0 aliphatic carbocycles. The van der Waals surface area contributed by atoms with Gasteiger partial charge in [0.2, 0.25) is 0 Å². The normalized spacial score (nSPS) is 11.8. The van der Waals surface area contributed by atoms with E-state index in [0.29, 0.717) is 5.75 Å². The van der Waals surface area contributed by atoms with E-state index in [1.807, 2.05) is 0 Å². The summed E-state index contributed by atoms with van der Waals surface area (Å²) in [5, 5.41) is 10.0. The third-order valence-corrected chi connectivity index (χ3v) is 3.16. The van der Waals surface area contributed by atoms with Gasteiger partial charge >= 0.3 is 0 Å². The standard InChI is InChI=1S/C9H18O3S.H3N/c1-2-3-4-5-7-13(12)8-6-9(10)11;/h2-8H2,1H3,(H,10,11);1H3. The van der Waals surface area contributed by atoms with E-state index in [2.05, 4.69) is 6.92 Å². The summed E-state index contributed by atoms with van der Waals surface area (Å²) in [6.45, 7) is 2.12. The van der Waals surface area contributed by atoms with Gasteiger partial charge in [-0.1, -0.05) is 26.2 Å². The van der Waals surface area contributed by atoms with Crippen molar-refractivity contribution in [1.82, 2.24) is 6.15 Å². The van der Waals surface area contributed by atoms with Crippen molar-refractivity contribution in [1.29, 1.82) is 0 Å². The molecule has 0 saturated heterocycles. The predicted molar refractivity (Wildman–Crippen MR) is 57.6 cm³/mol. The van der Waals surface area contributed by atoms with E-state index in [-0.39, 0.29) is 18.3 Å². The molecule has 0 heterocycles. The Labute approximate surface area is 88.1 Å². The summed E-state index contributed by atoms with van der Waals surface area (Å²) in [6, 6.07) is 0. The Morgan fingerprint density at radius 1 is 1.21 bits per heavy atom. The van der Waals surface area contributed by atoms with Crippen LogP contribution in [0.15, 0.2) is 0 Å². The summed E-state index contributed by atoms with van der Waals surface area (Å²) in [7, 11) is -0.965. The fraction of sp³-hybridized carbons (Fsp3) is 0.889. The van der Waals surface area contributed by atoms with E-state index in [4.69, 9.17) is 0 Å². The molecule has 0 rings (SSSR count). The van der Waals surface area contributed by atoms with E-state index in [1.165, 1.54) is 0 Å². The Morgan fingerprint density at radius 2 is 1.86 bits per heavy atom. The molecule has 4 N–H and O–H groups in total. The monoisotopic (exact) mass is 223 g/mol. The maximum atomic E-state index is 11.1. The molecular formula is C9H21NO3S. The van der Waals surface area contributed by atoms with Gasteiger partial charge in [0.15, 0.2) is 0 Å². The van der Waals surface area contributed by atoms with Crippen molar-refractivity contribution in [3.8, 4) is 0 Å². The van der Waals surface area contributed by atoms with Gasteiger partial charge in [0.1, 0.15) is 0 Å². The lowest BCUT2D eigenvalue weighted by molar-refractivity contribution is -0.305. The first-order chi connectivity index (χ1) is 6.16. The molecule has 0 fully saturated rings. The highest BCUT2D eigenvalue weighted by Crippen LogP contribution is 2.00. The Hall–Kier alpha value is -0.420. The minimum Gasteiger partial charge on any atom is -0.550 e. The predicted octanol–water partition coefficient (Wildman–Crippen LogP) is 0.832. The van der Waals surface area contributed by atoms with Gasteiger partial charge in [0, 0.05) is 28.3 Å². The quantitative estimate of drug-likeness (QED) is 0.617. The molecule has 1 unspecified atom stereocenters. The summed E-state index contributed by atoms with van der Waals surface area (Å²) >= 11 is 0. The molecule has 4 nitrogen and oxygen atoms in total. The highest BCUT2D eigenvalue weighted by Gasteiger charge is 1.99. The van der Waals surface area contributed by atoms with E-state index in [9.17, 15) is 14.1 Å². The molecule has 0 radical (unpaired) electrons. The molecule has 0 aromatic heterocycles. The molecule has 14 heavy (non-hydrogen) atoms. The zero-order valence-corrected chi connectivity index (χ0v) is 9.90. The highest BCUT2D eigenvalue weighted by molar-refractivity contribution is 7.84. The second-order valence-corrected chi connectivity index (χ2v) is 4.73. The zero-order chi connectivity index (χ0) is 10.1. The Bertz CT molecular complexity index is 173. The number of hydrogen-bond donors (Lipinski definition) is 1. The molecule has 0 amide bonds. The smallest absolute Gasteiger partial charge is 0.0423 e. The van der Waals surface area contributed by atoms with Crippen molar-refractivity contribution in [2.45, 2.75) is 39.0 Å². The summed E-state index contributed by atoms with van der Waals surface area (Å²) in [5.74, 6) is -0.233. The van der Waals surface area contributed by atoms with Crippen molar-refractivity contribution < 1.29 is 14.1 Å². The molecule has 0 spiro atoms. The average Bonchev–Trinajstić information content (AvgIpc) is 2.09. The maximum Gasteiger partial charge on any atom is 0.0423 e. The van der Waals surface area contributed by atoms with Crippen LogP contribution in [0.1, 0.15) is 39.0 Å². The molecule has 0 saturated carbocycles. The number of carboxylic acids is 1. The third-order valence-electron chi connectivity index (χ3n) is 1.76. The molecule has 86 valence electrons. The van der Waals surface area contributed by atoms with Gasteiger partial charge in [-0.25, -0.2) is 0 Å². The summed E-state index contributed by atoms with van der Waals surface area (Å²) in [4.78, 5) is 10.0. The molecule has 0 aromatic rings. The summed E-state index contributed by atoms with van der Waals surface area (Å²) < 4.78 is 11.1. The number of hydrogen-bond acceptors (Lipinski definition) is 3. The second-order valence-electron chi connectivity index (χ2n) is 3.03.